The lowest BCUT2D eigenvalue weighted by atomic mass is 9.61. The molecule has 3 heterocycles. The van der Waals surface area contributed by atoms with Gasteiger partial charge in [-0.25, -0.2) is 0 Å². The Labute approximate surface area is 137 Å². The van der Waals surface area contributed by atoms with Gasteiger partial charge in [0.25, 0.3) is 0 Å². The van der Waals surface area contributed by atoms with Gasteiger partial charge in [0.1, 0.15) is 0 Å². The maximum Gasteiger partial charge on any atom is 0.220 e. The third kappa shape index (κ3) is 2.21. The van der Waals surface area contributed by atoms with Crippen molar-refractivity contribution in [2.24, 2.45) is 4.99 Å². The van der Waals surface area contributed by atoms with Crippen LogP contribution in [0.15, 0.2) is 53.7 Å². The Morgan fingerprint density at radius 2 is 1.91 bits per heavy atom. The first kappa shape index (κ1) is 14.1. The molecule has 2 nitrogen and oxygen atoms in total. The van der Waals surface area contributed by atoms with Crippen LogP contribution in [0.2, 0.25) is 5.82 Å². The molecule has 0 radical (unpaired) electrons. The number of hydrogen-bond acceptors (Lipinski definition) is 3. The molecule has 3 atom stereocenters. The average Bonchev–Trinajstić information content (AvgIpc) is 2.97. The molecule has 0 N–H and O–H groups in total. The molecule has 2 aliphatic rings. The molecule has 0 saturated carbocycles. The molecule has 0 spiro atoms. The van der Waals surface area contributed by atoms with Crippen LogP contribution in [0.25, 0.3) is 0 Å². The summed E-state index contributed by atoms with van der Waals surface area (Å²) >= 11 is 4.75. The third-order valence-corrected chi connectivity index (χ3v) is 5.94. The maximum absolute atomic E-state index is 4.81. The number of hydrogen-bond donors (Lipinski definition) is 1. The van der Waals surface area contributed by atoms with E-state index >= 15 is 0 Å². The van der Waals surface area contributed by atoms with Crippen molar-refractivity contribution in [1.82, 2.24) is 4.98 Å². The van der Waals surface area contributed by atoms with Gasteiger partial charge in [-0.2, -0.15) is 12.6 Å². The largest absolute Gasteiger partial charge is 0.281 e. The first-order valence-corrected chi connectivity index (χ1v) is 8.32. The summed E-state index contributed by atoms with van der Waals surface area (Å²) in [4.78, 5) is 9.38. The molecule has 22 heavy (non-hydrogen) atoms. The van der Waals surface area contributed by atoms with Crippen LogP contribution in [0.3, 0.4) is 0 Å². The average molecular weight is 306 g/mol. The first-order chi connectivity index (χ1) is 10.6. The fourth-order valence-electron chi connectivity index (χ4n) is 3.48. The third-order valence-electron chi connectivity index (χ3n) is 5.26. The van der Waals surface area contributed by atoms with Gasteiger partial charge in [-0.3, -0.25) is 9.98 Å². The van der Waals surface area contributed by atoms with Crippen molar-refractivity contribution in [2.75, 3.05) is 0 Å². The molecule has 2 aliphatic heterocycles. The van der Waals surface area contributed by atoms with Crippen molar-refractivity contribution in [2.45, 2.75) is 36.8 Å². The van der Waals surface area contributed by atoms with Crippen LogP contribution in [-0.4, -0.2) is 22.1 Å². The standard InChI is InChI=1S/C18H19BN2S/c1-12-18(2,22)19(12)17-10-14(8-9-20-17)16-11-15(21-16)13-6-4-3-5-7-13/h3-10,12,16,22H,11H2,1-2H3. The van der Waals surface area contributed by atoms with E-state index in [2.05, 4.69) is 55.2 Å². The molecule has 1 aromatic carbocycles. The van der Waals surface area contributed by atoms with E-state index in [1.807, 2.05) is 12.3 Å². The molecule has 0 aliphatic carbocycles. The molecule has 110 valence electrons. The summed E-state index contributed by atoms with van der Waals surface area (Å²) < 4.78 is 0.0870. The van der Waals surface area contributed by atoms with Gasteiger partial charge in [0.05, 0.1) is 6.04 Å². The van der Waals surface area contributed by atoms with Crippen LogP contribution in [0.4, 0.5) is 0 Å². The second-order valence-electron chi connectivity index (χ2n) is 6.67. The summed E-state index contributed by atoms with van der Waals surface area (Å²) in [6.45, 7) is 4.92. The summed E-state index contributed by atoms with van der Waals surface area (Å²) in [7, 11) is 0. The van der Waals surface area contributed by atoms with Crippen LogP contribution < -0.4 is 5.59 Å². The molecule has 4 rings (SSSR count). The molecule has 1 saturated heterocycles. The van der Waals surface area contributed by atoms with Crippen molar-refractivity contribution in [3.63, 3.8) is 0 Å². The second-order valence-corrected chi connectivity index (χ2v) is 7.63. The predicted molar refractivity (Wildman–Crippen MR) is 96.8 cm³/mol. The molecular weight excluding hydrogens is 287 g/mol. The van der Waals surface area contributed by atoms with Crippen LogP contribution in [0, 0.1) is 0 Å². The van der Waals surface area contributed by atoms with Crippen molar-refractivity contribution in [3.05, 3.63) is 59.8 Å². The number of nitrogens with zero attached hydrogens (tertiary/aromatic N) is 2. The van der Waals surface area contributed by atoms with Crippen LogP contribution in [0.5, 0.6) is 0 Å². The molecule has 1 fully saturated rings. The smallest absolute Gasteiger partial charge is 0.220 e. The fourth-order valence-corrected chi connectivity index (χ4v) is 3.91. The molecule has 0 bridgehead atoms. The number of thiol groups is 1. The SMILES string of the molecule is CC1B(c2cc(C3CC(c4ccccc4)=N3)ccn2)C1(C)S. The van der Waals surface area contributed by atoms with Gasteiger partial charge in [0.15, 0.2) is 0 Å². The highest BCUT2D eigenvalue weighted by atomic mass is 32.1. The molecule has 3 unspecified atom stereocenters. The van der Waals surface area contributed by atoms with Gasteiger partial charge in [-0.05, 0) is 33.7 Å². The minimum Gasteiger partial charge on any atom is -0.281 e. The zero-order valence-electron chi connectivity index (χ0n) is 12.9. The maximum atomic E-state index is 4.81. The zero-order valence-corrected chi connectivity index (χ0v) is 13.8. The Morgan fingerprint density at radius 1 is 1.23 bits per heavy atom. The summed E-state index contributed by atoms with van der Waals surface area (Å²) in [5.74, 6) is 0.586. The summed E-state index contributed by atoms with van der Waals surface area (Å²) in [5.41, 5.74) is 4.91. The molecule has 4 heteroatoms. The van der Waals surface area contributed by atoms with E-state index in [0.717, 1.165) is 6.42 Å². The zero-order chi connectivity index (χ0) is 15.3. The monoisotopic (exact) mass is 306 g/mol. The minimum atomic E-state index is 0.0870. The van der Waals surface area contributed by atoms with E-state index in [1.165, 1.54) is 22.4 Å². The van der Waals surface area contributed by atoms with Crippen molar-refractivity contribution in [3.8, 4) is 0 Å². The Bertz CT molecular complexity index is 742. The summed E-state index contributed by atoms with van der Waals surface area (Å²) in [6, 6.07) is 15.1. The predicted octanol–water partition coefficient (Wildman–Crippen LogP) is 3.35. The second kappa shape index (κ2) is 4.99. The van der Waals surface area contributed by atoms with E-state index in [-0.39, 0.29) is 10.7 Å². The van der Waals surface area contributed by atoms with E-state index < -0.39 is 0 Å². The summed E-state index contributed by atoms with van der Waals surface area (Å²) in [5, 5.41) is 0. The van der Waals surface area contributed by atoms with E-state index in [1.54, 1.807) is 0 Å². The topological polar surface area (TPSA) is 25.2 Å². The molecular formula is C18H19BN2S. The van der Waals surface area contributed by atoms with Crippen molar-refractivity contribution < 1.29 is 0 Å². The van der Waals surface area contributed by atoms with Gasteiger partial charge in [0, 0.05) is 23.9 Å². The van der Waals surface area contributed by atoms with Crippen LogP contribution in [0.1, 0.15) is 37.4 Å². The number of aromatic nitrogens is 1. The van der Waals surface area contributed by atoms with Gasteiger partial charge >= 0.3 is 0 Å². The molecule has 2 aromatic rings. The number of benzene rings is 1. The first-order valence-electron chi connectivity index (χ1n) is 7.87. The van der Waals surface area contributed by atoms with Gasteiger partial charge in [-0.15, -0.1) is 0 Å². The quantitative estimate of drug-likeness (QED) is 0.683. The minimum absolute atomic E-state index is 0.0870. The Balaban J connectivity index is 1.55. The van der Waals surface area contributed by atoms with E-state index in [4.69, 9.17) is 17.6 Å². The molecule has 0 amide bonds. The lowest BCUT2D eigenvalue weighted by Gasteiger charge is -2.25. The van der Waals surface area contributed by atoms with Crippen molar-refractivity contribution in [1.29, 1.82) is 0 Å². The van der Waals surface area contributed by atoms with E-state index in [0.29, 0.717) is 12.5 Å². The van der Waals surface area contributed by atoms with Gasteiger partial charge in [-0.1, -0.05) is 44.2 Å². The number of aliphatic imine (C=N–C) groups is 1. The summed E-state index contributed by atoms with van der Waals surface area (Å²) in [6.07, 6.45) is 2.95. The normalized spacial score (nSPS) is 29.8. The van der Waals surface area contributed by atoms with E-state index in [9.17, 15) is 0 Å². The molecule has 1 aromatic heterocycles. The Hall–Kier alpha value is -1.55. The number of rotatable bonds is 3. The van der Waals surface area contributed by atoms with Crippen LogP contribution >= 0.6 is 12.6 Å². The lowest BCUT2D eigenvalue weighted by molar-refractivity contribution is 0.698. The van der Waals surface area contributed by atoms with Crippen molar-refractivity contribution >= 4 is 30.6 Å². The fraction of sp³-hybridized carbons (Fsp3) is 0.333. The lowest BCUT2D eigenvalue weighted by Crippen LogP contribution is -2.27. The highest BCUT2D eigenvalue weighted by Gasteiger charge is 2.60. The van der Waals surface area contributed by atoms with Gasteiger partial charge in [0.2, 0.25) is 6.71 Å². The van der Waals surface area contributed by atoms with Crippen LogP contribution in [-0.2, 0) is 0 Å². The Kier molecular flexibility index (Phi) is 3.19. The highest BCUT2D eigenvalue weighted by Crippen LogP contribution is 2.51. The number of pyridine rings is 1. The highest BCUT2D eigenvalue weighted by molar-refractivity contribution is 7.85. The van der Waals surface area contributed by atoms with Gasteiger partial charge < -0.3 is 0 Å². The Morgan fingerprint density at radius 3 is 2.55 bits per heavy atom.